The van der Waals surface area contributed by atoms with E-state index in [1.807, 2.05) is 35.2 Å². The average Bonchev–Trinajstić information content (AvgIpc) is 3.49. The summed E-state index contributed by atoms with van der Waals surface area (Å²) in [4.78, 5) is 19.1. The number of carbonyl (C=O) groups excluding carboxylic acids is 1. The van der Waals surface area contributed by atoms with Crippen molar-refractivity contribution in [2.24, 2.45) is 0 Å². The molecule has 1 saturated heterocycles. The van der Waals surface area contributed by atoms with Crippen LogP contribution in [0.25, 0.3) is 5.69 Å². The van der Waals surface area contributed by atoms with Crippen molar-refractivity contribution in [2.75, 3.05) is 11.9 Å². The summed E-state index contributed by atoms with van der Waals surface area (Å²) in [6, 6.07) is 21.3. The number of anilines is 1. The molecule has 0 bridgehead atoms. The summed E-state index contributed by atoms with van der Waals surface area (Å²) in [5.41, 5.74) is 2.09. The number of carbonyl (C=O) groups is 1. The van der Waals surface area contributed by atoms with Crippen molar-refractivity contribution in [3.63, 3.8) is 0 Å². The van der Waals surface area contributed by atoms with Crippen LogP contribution in [0.2, 0.25) is 0 Å². The molecular weight excluding hydrogens is 480 g/mol. The van der Waals surface area contributed by atoms with Gasteiger partial charge in [-0.15, -0.1) is 0 Å². The van der Waals surface area contributed by atoms with Crippen molar-refractivity contribution in [3.05, 3.63) is 114 Å². The van der Waals surface area contributed by atoms with Gasteiger partial charge in [-0.3, -0.25) is 9.78 Å². The molecule has 36 heavy (non-hydrogen) atoms. The number of pyridine rings is 1. The van der Waals surface area contributed by atoms with Crippen LogP contribution in [0.3, 0.4) is 0 Å². The van der Waals surface area contributed by atoms with Crippen LogP contribution < -0.4 is 10.6 Å². The number of para-hydroxylation sites is 2. The Bertz CT molecular complexity index is 1390. The number of benzene rings is 2. The van der Waals surface area contributed by atoms with Gasteiger partial charge in [0.05, 0.1) is 29.2 Å². The highest BCUT2D eigenvalue weighted by Crippen LogP contribution is 2.39. The van der Waals surface area contributed by atoms with Gasteiger partial charge in [0.2, 0.25) is 5.91 Å². The zero-order chi connectivity index (χ0) is 25.1. The van der Waals surface area contributed by atoms with Gasteiger partial charge in [-0.05, 0) is 60.7 Å². The summed E-state index contributed by atoms with van der Waals surface area (Å²) < 4.78 is 30.5. The second kappa shape index (κ2) is 10.2. The zero-order valence-corrected chi connectivity index (χ0v) is 20.0. The molecule has 6 nitrogen and oxygen atoms in total. The van der Waals surface area contributed by atoms with Gasteiger partial charge in [0.15, 0.2) is 5.11 Å². The molecule has 0 spiro atoms. The van der Waals surface area contributed by atoms with Crippen LogP contribution in [0.1, 0.15) is 29.9 Å². The first-order chi connectivity index (χ1) is 17.5. The molecule has 2 N–H and O–H groups in total. The lowest BCUT2D eigenvalue weighted by molar-refractivity contribution is -0.116. The molecule has 0 saturated carbocycles. The zero-order valence-electron chi connectivity index (χ0n) is 19.1. The fourth-order valence-corrected chi connectivity index (χ4v) is 4.80. The van der Waals surface area contributed by atoms with E-state index >= 15 is 0 Å². The fraction of sp³-hybridized carbons (Fsp3) is 0.148. The molecule has 9 heteroatoms. The first-order valence-corrected chi connectivity index (χ1v) is 11.9. The van der Waals surface area contributed by atoms with Gasteiger partial charge in [-0.1, -0.05) is 30.3 Å². The lowest BCUT2D eigenvalue weighted by atomic mass is 10.0. The third kappa shape index (κ3) is 4.70. The number of thiocarbonyl (C=S) groups is 1. The molecule has 0 aliphatic carbocycles. The Balaban J connectivity index is 1.46. The monoisotopic (exact) mass is 503 g/mol. The summed E-state index contributed by atoms with van der Waals surface area (Å²) in [6.07, 6.45) is 3.58. The van der Waals surface area contributed by atoms with Gasteiger partial charge < -0.3 is 20.1 Å². The van der Waals surface area contributed by atoms with Crippen molar-refractivity contribution in [2.45, 2.75) is 18.5 Å². The van der Waals surface area contributed by atoms with Crippen LogP contribution in [0.4, 0.5) is 14.5 Å². The minimum atomic E-state index is -0.500. The Labute approximate surface area is 212 Å². The predicted octanol–water partition coefficient (Wildman–Crippen LogP) is 5.15. The maximum atomic E-state index is 14.7. The Morgan fingerprint density at radius 3 is 2.47 bits per heavy atom. The summed E-state index contributed by atoms with van der Waals surface area (Å²) in [6.45, 7) is 0.266. The van der Waals surface area contributed by atoms with Crippen LogP contribution >= 0.6 is 12.2 Å². The van der Waals surface area contributed by atoms with Gasteiger partial charge in [0.1, 0.15) is 11.6 Å². The molecule has 4 aromatic rings. The molecule has 0 radical (unpaired) electrons. The highest BCUT2D eigenvalue weighted by atomic mass is 32.1. The van der Waals surface area contributed by atoms with E-state index in [2.05, 4.69) is 15.6 Å². The highest BCUT2D eigenvalue weighted by molar-refractivity contribution is 7.80. The molecule has 1 amide bonds. The average molecular weight is 504 g/mol. The maximum absolute atomic E-state index is 14.7. The predicted molar refractivity (Wildman–Crippen MR) is 138 cm³/mol. The van der Waals surface area contributed by atoms with E-state index < -0.39 is 5.82 Å². The maximum Gasteiger partial charge on any atom is 0.226 e. The fourth-order valence-electron chi connectivity index (χ4n) is 4.47. The van der Waals surface area contributed by atoms with Crippen molar-refractivity contribution < 1.29 is 13.6 Å². The molecule has 3 heterocycles. The van der Waals surface area contributed by atoms with Crippen molar-refractivity contribution in [1.82, 2.24) is 19.8 Å². The Hall–Kier alpha value is -4.11. The quantitative estimate of drug-likeness (QED) is 0.342. The first kappa shape index (κ1) is 23.6. The second-order valence-electron chi connectivity index (χ2n) is 8.35. The standard InChI is InChI=1S/C27H23F2N5OS/c28-18-8-1-3-10-20(18)31-24(35)14-17-34-26(25(32-27(34)36)21-11-5-6-15-30-21)23-13-7-16-33(23)22-12-4-2-9-19(22)29/h1-13,15-16,25-26H,14,17H2,(H,31,35)(H,32,36)/t25-,26-/m0/s1. The van der Waals surface area contributed by atoms with E-state index in [4.69, 9.17) is 12.2 Å². The topological polar surface area (TPSA) is 62.2 Å². The summed E-state index contributed by atoms with van der Waals surface area (Å²) in [5, 5.41) is 6.40. The number of amides is 1. The third-order valence-corrected chi connectivity index (χ3v) is 6.47. The van der Waals surface area contributed by atoms with Gasteiger partial charge in [-0.2, -0.15) is 0 Å². The molecule has 0 unspecified atom stereocenters. The molecule has 182 valence electrons. The molecule has 1 aliphatic rings. The molecule has 5 rings (SSSR count). The number of rotatable bonds is 7. The Morgan fingerprint density at radius 1 is 0.972 bits per heavy atom. The number of hydrogen-bond donors (Lipinski definition) is 2. The highest BCUT2D eigenvalue weighted by Gasteiger charge is 2.41. The van der Waals surface area contributed by atoms with Crippen LogP contribution in [0.15, 0.2) is 91.3 Å². The number of aromatic nitrogens is 2. The van der Waals surface area contributed by atoms with Crippen molar-refractivity contribution in [3.8, 4) is 5.69 Å². The van der Waals surface area contributed by atoms with Gasteiger partial charge >= 0.3 is 0 Å². The third-order valence-electron chi connectivity index (χ3n) is 6.12. The number of nitrogens with zero attached hydrogens (tertiary/aromatic N) is 3. The van der Waals surface area contributed by atoms with Crippen LogP contribution in [-0.4, -0.2) is 32.0 Å². The molecular formula is C27H23F2N5OS. The molecule has 2 aromatic carbocycles. The summed E-state index contributed by atoms with van der Waals surface area (Å²) >= 11 is 5.67. The van der Waals surface area contributed by atoms with E-state index in [9.17, 15) is 13.6 Å². The molecule has 2 atom stereocenters. The smallest absolute Gasteiger partial charge is 0.226 e. The van der Waals surface area contributed by atoms with E-state index in [1.54, 1.807) is 47.3 Å². The largest absolute Gasteiger partial charge is 0.352 e. The lowest BCUT2D eigenvalue weighted by Crippen LogP contribution is -2.33. The second-order valence-corrected chi connectivity index (χ2v) is 8.74. The van der Waals surface area contributed by atoms with Gasteiger partial charge in [0.25, 0.3) is 0 Å². The minimum absolute atomic E-state index is 0.0714. The van der Waals surface area contributed by atoms with E-state index in [0.29, 0.717) is 10.8 Å². The number of nitrogens with one attached hydrogen (secondary N) is 2. The first-order valence-electron chi connectivity index (χ1n) is 11.5. The number of halogens is 2. The van der Waals surface area contributed by atoms with E-state index in [0.717, 1.165) is 11.4 Å². The normalized spacial score (nSPS) is 17.2. The number of hydrogen-bond acceptors (Lipinski definition) is 3. The summed E-state index contributed by atoms with van der Waals surface area (Å²) in [5.74, 6) is -1.19. The van der Waals surface area contributed by atoms with E-state index in [-0.39, 0.29) is 42.5 Å². The van der Waals surface area contributed by atoms with Crippen LogP contribution in [0, 0.1) is 11.6 Å². The van der Waals surface area contributed by atoms with E-state index in [1.165, 1.54) is 18.2 Å². The van der Waals surface area contributed by atoms with Crippen molar-refractivity contribution >= 4 is 28.9 Å². The SMILES string of the molecule is O=C(CCN1C(=S)N[C@@H](c2ccccn2)[C@@H]1c1cccn1-c1ccccc1F)Nc1ccccc1F. The lowest BCUT2D eigenvalue weighted by Gasteiger charge is -2.29. The molecule has 2 aromatic heterocycles. The Kier molecular flexibility index (Phi) is 6.73. The van der Waals surface area contributed by atoms with Crippen LogP contribution in [-0.2, 0) is 4.79 Å². The minimum Gasteiger partial charge on any atom is -0.352 e. The Morgan fingerprint density at radius 2 is 1.72 bits per heavy atom. The molecule has 1 aliphatic heterocycles. The van der Waals surface area contributed by atoms with Crippen molar-refractivity contribution in [1.29, 1.82) is 0 Å². The van der Waals surface area contributed by atoms with Gasteiger partial charge in [0, 0.05) is 31.1 Å². The molecule has 1 fully saturated rings. The summed E-state index contributed by atoms with van der Waals surface area (Å²) in [7, 11) is 0. The van der Waals surface area contributed by atoms with Crippen LogP contribution in [0.5, 0.6) is 0 Å². The van der Waals surface area contributed by atoms with Gasteiger partial charge in [-0.25, -0.2) is 8.78 Å².